The van der Waals surface area contributed by atoms with Crippen LogP contribution in [-0.2, 0) is 11.8 Å². The van der Waals surface area contributed by atoms with Crippen molar-refractivity contribution < 1.29 is 4.74 Å². The molecule has 0 aliphatic rings. The summed E-state index contributed by atoms with van der Waals surface area (Å²) in [6, 6.07) is 27.7. The summed E-state index contributed by atoms with van der Waals surface area (Å²) >= 11 is 0. The quantitative estimate of drug-likeness (QED) is 0.594. The number of hydrogen-bond donors (Lipinski definition) is 0. The van der Waals surface area contributed by atoms with Crippen LogP contribution in [0.5, 0.6) is 5.75 Å². The molecule has 0 bridgehead atoms. The van der Waals surface area contributed by atoms with Crippen molar-refractivity contribution in [3.05, 3.63) is 101 Å². The zero-order chi connectivity index (χ0) is 17.0. The van der Waals surface area contributed by atoms with Crippen LogP contribution in [0.2, 0.25) is 0 Å². The molecule has 0 amide bonds. The molecule has 122 valence electrons. The average Bonchev–Trinajstić information content (AvgIpc) is 2.63. The van der Waals surface area contributed by atoms with Gasteiger partial charge in [-0.2, -0.15) is 0 Å². The lowest BCUT2D eigenvalue weighted by Crippen LogP contribution is -2.20. The summed E-state index contributed by atoms with van der Waals surface area (Å²) in [5.41, 5.74) is 4.99. The van der Waals surface area contributed by atoms with Crippen molar-refractivity contribution in [3.63, 3.8) is 0 Å². The molecule has 0 saturated carbocycles. The number of ether oxygens (including phenoxy) is 1. The van der Waals surface area contributed by atoms with Crippen LogP contribution in [0.3, 0.4) is 0 Å². The van der Waals surface area contributed by atoms with Gasteiger partial charge in [0.1, 0.15) is 5.75 Å². The van der Waals surface area contributed by atoms with E-state index in [1.165, 1.54) is 22.3 Å². The molecule has 0 fully saturated rings. The topological polar surface area (TPSA) is 9.23 Å². The van der Waals surface area contributed by atoms with Crippen LogP contribution in [0.15, 0.2) is 78.9 Å². The molecular weight excluding hydrogens is 292 g/mol. The zero-order valence-electron chi connectivity index (χ0n) is 14.6. The molecular formula is C23H24O. The Morgan fingerprint density at radius 2 is 1.38 bits per heavy atom. The predicted molar refractivity (Wildman–Crippen MR) is 101 cm³/mol. The van der Waals surface area contributed by atoms with Crippen molar-refractivity contribution in [2.24, 2.45) is 0 Å². The number of methoxy groups -OCH3 is 1. The van der Waals surface area contributed by atoms with Gasteiger partial charge < -0.3 is 4.74 Å². The van der Waals surface area contributed by atoms with Gasteiger partial charge >= 0.3 is 0 Å². The fraction of sp³-hybridized carbons (Fsp3) is 0.217. The maximum Gasteiger partial charge on any atom is 0.123 e. The Bertz CT molecular complexity index is 789. The van der Waals surface area contributed by atoms with Crippen molar-refractivity contribution in [2.45, 2.75) is 25.7 Å². The maximum atomic E-state index is 5.73. The van der Waals surface area contributed by atoms with Crippen molar-refractivity contribution in [1.82, 2.24) is 0 Å². The minimum atomic E-state index is -0.0993. The van der Waals surface area contributed by atoms with Crippen molar-refractivity contribution >= 4 is 0 Å². The normalized spacial score (nSPS) is 11.3. The lowest BCUT2D eigenvalue weighted by molar-refractivity contribution is 0.400. The van der Waals surface area contributed by atoms with Gasteiger partial charge in [-0.25, -0.2) is 0 Å². The van der Waals surface area contributed by atoms with Gasteiger partial charge in [0.2, 0.25) is 0 Å². The molecule has 3 aromatic rings. The highest BCUT2D eigenvalue weighted by Crippen LogP contribution is 2.37. The Morgan fingerprint density at radius 1 is 0.750 bits per heavy atom. The zero-order valence-corrected chi connectivity index (χ0v) is 14.6. The van der Waals surface area contributed by atoms with E-state index in [9.17, 15) is 0 Å². The lowest BCUT2D eigenvalue weighted by Gasteiger charge is -2.28. The monoisotopic (exact) mass is 316 g/mol. The number of benzene rings is 3. The summed E-state index contributed by atoms with van der Waals surface area (Å²) in [5.74, 6) is 0.956. The minimum Gasteiger partial charge on any atom is -0.496 e. The Balaban J connectivity index is 1.95. The second-order valence-electron chi connectivity index (χ2n) is 6.69. The molecule has 0 radical (unpaired) electrons. The van der Waals surface area contributed by atoms with Gasteiger partial charge in [-0.15, -0.1) is 0 Å². The van der Waals surface area contributed by atoms with Crippen LogP contribution in [0, 0.1) is 0 Å². The Labute approximate surface area is 144 Å². The highest BCUT2D eigenvalue weighted by molar-refractivity contribution is 5.48. The summed E-state index contributed by atoms with van der Waals surface area (Å²) in [6.45, 7) is 4.49. The van der Waals surface area contributed by atoms with Gasteiger partial charge in [0, 0.05) is 11.0 Å². The first-order valence-corrected chi connectivity index (χ1v) is 8.38. The summed E-state index contributed by atoms with van der Waals surface area (Å²) < 4.78 is 5.73. The van der Waals surface area contributed by atoms with Gasteiger partial charge in [-0.05, 0) is 29.2 Å². The van der Waals surface area contributed by atoms with Crippen LogP contribution in [0.25, 0.3) is 0 Å². The van der Waals surface area contributed by atoms with Gasteiger partial charge in [-0.3, -0.25) is 0 Å². The third-order valence-corrected chi connectivity index (χ3v) is 4.69. The van der Waals surface area contributed by atoms with E-state index in [-0.39, 0.29) is 5.41 Å². The van der Waals surface area contributed by atoms with E-state index >= 15 is 0 Å². The Morgan fingerprint density at radius 3 is 2.00 bits per heavy atom. The first kappa shape index (κ1) is 16.3. The molecule has 0 spiro atoms. The highest BCUT2D eigenvalue weighted by atomic mass is 16.5. The largest absolute Gasteiger partial charge is 0.496 e. The third kappa shape index (κ3) is 3.35. The van der Waals surface area contributed by atoms with E-state index in [4.69, 9.17) is 4.74 Å². The molecule has 0 N–H and O–H groups in total. The number of hydrogen-bond acceptors (Lipinski definition) is 1. The summed E-state index contributed by atoms with van der Waals surface area (Å²) in [4.78, 5) is 0. The SMILES string of the molecule is COc1cc(Cc2ccccc2)ccc1C(C)(C)c1ccccc1. The smallest absolute Gasteiger partial charge is 0.123 e. The van der Waals surface area contributed by atoms with Gasteiger partial charge in [0.05, 0.1) is 7.11 Å². The van der Waals surface area contributed by atoms with E-state index in [2.05, 4.69) is 92.7 Å². The van der Waals surface area contributed by atoms with E-state index in [0.29, 0.717) is 0 Å². The first-order chi connectivity index (χ1) is 11.6. The number of rotatable bonds is 5. The van der Waals surface area contributed by atoms with E-state index < -0.39 is 0 Å². The molecule has 1 heteroatoms. The molecule has 0 saturated heterocycles. The molecule has 3 rings (SSSR count). The van der Waals surface area contributed by atoms with E-state index in [1.807, 2.05) is 0 Å². The summed E-state index contributed by atoms with van der Waals surface area (Å²) in [5, 5.41) is 0. The summed E-state index contributed by atoms with van der Waals surface area (Å²) in [7, 11) is 1.76. The van der Waals surface area contributed by atoms with Crippen LogP contribution >= 0.6 is 0 Å². The molecule has 0 atom stereocenters. The van der Waals surface area contributed by atoms with Gasteiger partial charge in [0.15, 0.2) is 0 Å². The van der Waals surface area contributed by atoms with Gasteiger partial charge in [0.25, 0.3) is 0 Å². The predicted octanol–water partition coefficient (Wildman–Crippen LogP) is 5.61. The van der Waals surface area contributed by atoms with Crippen LogP contribution in [-0.4, -0.2) is 7.11 Å². The molecule has 0 aliphatic heterocycles. The average molecular weight is 316 g/mol. The molecule has 0 aliphatic carbocycles. The lowest BCUT2D eigenvalue weighted by atomic mass is 9.77. The van der Waals surface area contributed by atoms with Crippen molar-refractivity contribution in [1.29, 1.82) is 0 Å². The standard InChI is InChI=1S/C23H24O/c1-23(2,20-12-8-5-9-13-20)21-15-14-19(17-22(21)24-3)16-18-10-6-4-7-11-18/h4-15,17H,16H2,1-3H3. The highest BCUT2D eigenvalue weighted by Gasteiger charge is 2.26. The fourth-order valence-electron chi connectivity index (χ4n) is 3.20. The van der Waals surface area contributed by atoms with E-state index in [1.54, 1.807) is 7.11 Å². The first-order valence-electron chi connectivity index (χ1n) is 8.38. The fourth-order valence-corrected chi connectivity index (χ4v) is 3.20. The molecule has 0 aromatic heterocycles. The van der Waals surface area contributed by atoms with Gasteiger partial charge in [-0.1, -0.05) is 86.6 Å². The second-order valence-corrected chi connectivity index (χ2v) is 6.69. The Hall–Kier alpha value is -2.54. The Kier molecular flexibility index (Phi) is 4.71. The molecule has 1 nitrogen and oxygen atoms in total. The summed E-state index contributed by atoms with van der Waals surface area (Å²) in [6.07, 6.45) is 0.920. The van der Waals surface area contributed by atoms with Crippen LogP contribution in [0.4, 0.5) is 0 Å². The van der Waals surface area contributed by atoms with Crippen LogP contribution < -0.4 is 4.74 Å². The third-order valence-electron chi connectivity index (χ3n) is 4.69. The minimum absolute atomic E-state index is 0.0993. The maximum absolute atomic E-state index is 5.73. The van der Waals surface area contributed by atoms with Crippen LogP contribution in [0.1, 0.15) is 36.1 Å². The molecule has 24 heavy (non-hydrogen) atoms. The van der Waals surface area contributed by atoms with Crippen molar-refractivity contribution in [2.75, 3.05) is 7.11 Å². The molecule has 0 unspecified atom stereocenters. The second kappa shape index (κ2) is 6.92. The molecule has 3 aromatic carbocycles. The van der Waals surface area contributed by atoms with E-state index in [0.717, 1.165) is 12.2 Å². The van der Waals surface area contributed by atoms with Crippen molar-refractivity contribution in [3.8, 4) is 5.75 Å². The molecule has 0 heterocycles.